The van der Waals surface area contributed by atoms with Gasteiger partial charge in [-0.25, -0.2) is 4.98 Å². The number of carbonyl (C=O) groups is 1. The Morgan fingerprint density at radius 1 is 1.53 bits per heavy atom. The van der Waals surface area contributed by atoms with Crippen LogP contribution in [0.25, 0.3) is 0 Å². The third-order valence-corrected chi connectivity index (χ3v) is 4.95. The largest absolute Gasteiger partial charge is 0.343 e. The molecule has 1 amide bonds. The highest BCUT2D eigenvalue weighted by molar-refractivity contribution is 9.10. The molecule has 1 aromatic heterocycles. The quantitative estimate of drug-likeness (QED) is 0.885. The highest BCUT2D eigenvalue weighted by Gasteiger charge is 2.17. The van der Waals surface area contributed by atoms with Crippen molar-refractivity contribution in [2.24, 2.45) is 0 Å². The van der Waals surface area contributed by atoms with E-state index in [1.165, 1.54) is 0 Å². The summed E-state index contributed by atoms with van der Waals surface area (Å²) in [7, 11) is 0. The van der Waals surface area contributed by atoms with E-state index in [2.05, 4.69) is 26.2 Å². The standard InChI is InChI=1S/C13H12BrClN2OS/c1-7-6-16-13(19-7)8(2)17-12(18)9-4-3-5-10(14)11(9)15/h3-6,8H,1-2H3,(H,17,18). The molecule has 0 aliphatic carbocycles. The first-order valence-electron chi connectivity index (χ1n) is 5.66. The number of aromatic nitrogens is 1. The Balaban J connectivity index is 2.15. The van der Waals surface area contributed by atoms with Gasteiger partial charge < -0.3 is 5.32 Å². The van der Waals surface area contributed by atoms with E-state index in [9.17, 15) is 4.79 Å². The molecule has 1 heterocycles. The number of halogens is 2. The molecule has 0 saturated carbocycles. The van der Waals surface area contributed by atoms with E-state index in [1.54, 1.807) is 35.7 Å². The summed E-state index contributed by atoms with van der Waals surface area (Å²) in [6, 6.07) is 5.14. The van der Waals surface area contributed by atoms with E-state index in [1.807, 2.05) is 13.8 Å². The lowest BCUT2D eigenvalue weighted by atomic mass is 10.2. The van der Waals surface area contributed by atoms with Crippen LogP contribution in [0, 0.1) is 6.92 Å². The van der Waals surface area contributed by atoms with Crippen LogP contribution in [0.2, 0.25) is 5.02 Å². The number of hydrogen-bond acceptors (Lipinski definition) is 3. The Kier molecular flexibility index (Phi) is 4.60. The van der Waals surface area contributed by atoms with Gasteiger partial charge in [0.2, 0.25) is 0 Å². The van der Waals surface area contributed by atoms with Crippen molar-refractivity contribution in [3.05, 3.63) is 49.3 Å². The Labute approximate surface area is 129 Å². The van der Waals surface area contributed by atoms with E-state index in [4.69, 9.17) is 11.6 Å². The predicted molar refractivity (Wildman–Crippen MR) is 81.9 cm³/mol. The van der Waals surface area contributed by atoms with Crippen molar-refractivity contribution in [1.82, 2.24) is 10.3 Å². The summed E-state index contributed by atoms with van der Waals surface area (Å²) in [6.45, 7) is 3.89. The van der Waals surface area contributed by atoms with Crippen LogP contribution in [-0.2, 0) is 0 Å². The normalized spacial score (nSPS) is 12.2. The van der Waals surface area contributed by atoms with Gasteiger partial charge in [-0.3, -0.25) is 4.79 Å². The van der Waals surface area contributed by atoms with Crippen molar-refractivity contribution in [3.63, 3.8) is 0 Å². The van der Waals surface area contributed by atoms with Crippen molar-refractivity contribution >= 4 is 44.8 Å². The molecule has 100 valence electrons. The lowest BCUT2D eigenvalue weighted by Gasteiger charge is -2.12. The highest BCUT2D eigenvalue weighted by Crippen LogP contribution is 2.27. The minimum absolute atomic E-state index is 0.138. The highest BCUT2D eigenvalue weighted by atomic mass is 79.9. The fourth-order valence-electron chi connectivity index (χ4n) is 1.59. The van der Waals surface area contributed by atoms with Crippen LogP contribution >= 0.6 is 38.9 Å². The van der Waals surface area contributed by atoms with E-state index in [-0.39, 0.29) is 11.9 Å². The zero-order valence-electron chi connectivity index (χ0n) is 10.4. The van der Waals surface area contributed by atoms with E-state index < -0.39 is 0 Å². The first kappa shape index (κ1) is 14.5. The maximum Gasteiger partial charge on any atom is 0.253 e. The molecule has 0 saturated heterocycles. The van der Waals surface area contributed by atoms with Crippen molar-refractivity contribution < 1.29 is 4.79 Å². The number of thiazole rings is 1. The molecular formula is C13H12BrClN2OS. The van der Waals surface area contributed by atoms with Gasteiger partial charge >= 0.3 is 0 Å². The van der Waals surface area contributed by atoms with Gasteiger partial charge in [-0.1, -0.05) is 17.7 Å². The molecule has 6 heteroatoms. The molecule has 19 heavy (non-hydrogen) atoms. The van der Waals surface area contributed by atoms with Gasteiger partial charge in [0.25, 0.3) is 5.91 Å². The second-order valence-electron chi connectivity index (χ2n) is 4.11. The van der Waals surface area contributed by atoms with Crippen molar-refractivity contribution in [2.45, 2.75) is 19.9 Å². The molecule has 0 bridgehead atoms. The zero-order valence-corrected chi connectivity index (χ0v) is 13.6. The predicted octanol–water partition coefficient (Wildman–Crippen LogP) is 4.36. The fourth-order valence-corrected chi connectivity index (χ4v) is 2.94. The van der Waals surface area contributed by atoms with Gasteiger partial charge in [-0.15, -0.1) is 11.3 Å². The molecule has 1 unspecified atom stereocenters. The number of rotatable bonds is 3. The van der Waals surface area contributed by atoms with Gasteiger partial charge in [0.05, 0.1) is 16.6 Å². The summed E-state index contributed by atoms with van der Waals surface area (Å²) in [5.74, 6) is -0.202. The number of aryl methyl sites for hydroxylation is 1. The number of amides is 1. The van der Waals surface area contributed by atoms with Gasteiger partial charge in [0.1, 0.15) is 5.01 Å². The van der Waals surface area contributed by atoms with Crippen LogP contribution in [0.4, 0.5) is 0 Å². The van der Waals surface area contributed by atoms with Gasteiger partial charge in [-0.05, 0) is 41.9 Å². The molecule has 1 aromatic carbocycles. The third-order valence-electron chi connectivity index (χ3n) is 2.55. The molecular weight excluding hydrogens is 348 g/mol. The summed E-state index contributed by atoms with van der Waals surface area (Å²) >= 11 is 11.0. The second-order valence-corrected chi connectivity index (χ2v) is 6.60. The summed E-state index contributed by atoms with van der Waals surface area (Å²) in [6.07, 6.45) is 1.80. The van der Waals surface area contributed by atoms with Crippen LogP contribution in [0.15, 0.2) is 28.9 Å². The topological polar surface area (TPSA) is 42.0 Å². The number of carbonyl (C=O) groups excluding carboxylic acids is 1. The monoisotopic (exact) mass is 358 g/mol. The molecule has 0 aliphatic heterocycles. The van der Waals surface area contributed by atoms with Crippen molar-refractivity contribution in [3.8, 4) is 0 Å². The average Bonchev–Trinajstić information content (AvgIpc) is 2.79. The molecule has 0 aliphatic rings. The van der Waals surface area contributed by atoms with Crippen molar-refractivity contribution in [2.75, 3.05) is 0 Å². The maximum absolute atomic E-state index is 12.2. The second kappa shape index (κ2) is 6.03. The van der Waals surface area contributed by atoms with Crippen LogP contribution < -0.4 is 5.32 Å². The third kappa shape index (κ3) is 3.35. The van der Waals surface area contributed by atoms with Crippen molar-refractivity contribution in [1.29, 1.82) is 0 Å². The molecule has 0 spiro atoms. The van der Waals surface area contributed by atoms with E-state index in [0.717, 1.165) is 9.88 Å². The minimum Gasteiger partial charge on any atom is -0.343 e. The first-order valence-corrected chi connectivity index (χ1v) is 7.65. The van der Waals surface area contributed by atoms with E-state index >= 15 is 0 Å². The number of benzene rings is 1. The van der Waals surface area contributed by atoms with E-state index in [0.29, 0.717) is 15.1 Å². The zero-order chi connectivity index (χ0) is 14.0. The minimum atomic E-state index is -0.202. The summed E-state index contributed by atoms with van der Waals surface area (Å²) < 4.78 is 0.708. The van der Waals surface area contributed by atoms with Crippen LogP contribution in [0.3, 0.4) is 0 Å². The maximum atomic E-state index is 12.2. The Morgan fingerprint density at radius 3 is 2.89 bits per heavy atom. The Bertz CT molecular complexity index is 614. The molecule has 2 rings (SSSR count). The van der Waals surface area contributed by atoms with Crippen LogP contribution in [0.1, 0.15) is 33.2 Å². The molecule has 1 N–H and O–H groups in total. The van der Waals surface area contributed by atoms with Crippen LogP contribution in [0.5, 0.6) is 0 Å². The molecule has 0 radical (unpaired) electrons. The van der Waals surface area contributed by atoms with Crippen LogP contribution in [-0.4, -0.2) is 10.9 Å². The SMILES string of the molecule is Cc1cnc(C(C)NC(=O)c2cccc(Br)c2Cl)s1. The number of nitrogens with one attached hydrogen (secondary N) is 1. The molecule has 0 fully saturated rings. The average molecular weight is 360 g/mol. The lowest BCUT2D eigenvalue weighted by molar-refractivity contribution is 0.0940. The number of nitrogens with zero attached hydrogens (tertiary/aromatic N) is 1. The Hall–Kier alpha value is -0.910. The summed E-state index contributed by atoms with van der Waals surface area (Å²) in [5, 5.41) is 4.20. The molecule has 1 atom stereocenters. The number of hydrogen-bond donors (Lipinski definition) is 1. The molecule has 2 aromatic rings. The fraction of sp³-hybridized carbons (Fsp3) is 0.231. The lowest BCUT2D eigenvalue weighted by Crippen LogP contribution is -2.26. The molecule has 3 nitrogen and oxygen atoms in total. The van der Waals surface area contributed by atoms with Gasteiger partial charge in [-0.2, -0.15) is 0 Å². The van der Waals surface area contributed by atoms with Gasteiger partial charge in [0, 0.05) is 15.5 Å². The smallest absolute Gasteiger partial charge is 0.253 e. The summed E-state index contributed by atoms with van der Waals surface area (Å²) in [5.41, 5.74) is 0.455. The Morgan fingerprint density at radius 2 is 2.26 bits per heavy atom. The summed E-state index contributed by atoms with van der Waals surface area (Å²) in [4.78, 5) is 17.6. The first-order chi connectivity index (χ1) is 8.99. The van der Waals surface area contributed by atoms with Gasteiger partial charge in [0.15, 0.2) is 0 Å².